The van der Waals surface area contributed by atoms with Gasteiger partial charge < -0.3 is 10.2 Å². The highest BCUT2D eigenvalue weighted by molar-refractivity contribution is 7.09. The van der Waals surface area contributed by atoms with E-state index in [1.807, 2.05) is 0 Å². The number of aryl methyl sites for hydroxylation is 2. The van der Waals surface area contributed by atoms with E-state index in [2.05, 4.69) is 23.1 Å². The molecule has 0 saturated carbocycles. The fourth-order valence-corrected chi connectivity index (χ4v) is 2.37. The third-order valence-corrected chi connectivity index (χ3v) is 3.43. The molecule has 0 bridgehead atoms. The molecule has 0 fully saturated rings. The van der Waals surface area contributed by atoms with Crippen molar-refractivity contribution in [3.05, 3.63) is 28.7 Å². The van der Waals surface area contributed by atoms with Crippen LogP contribution in [0.1, 0.15) is 11.4 Å². The van der Waals surface area contributed by atoms with Gasteiger partial charge in [0.05, 0.1) is 5.38 Å². The molecule has 16 heavy (non-hydrogen) atoms. The molecule has 0 amide bonds. The second-order valence-corrected chi connectivity index (χ2v) is 4.77. The number of thiazole rings is 1. The summed E-state index contributed by atoms with van der Waals surface area (Å²) in [7, 11) is 0. The Hall–Kier alpha value is -1.49. The minimum absolute atomic E-state index is 0.115. The summed E-state index contributed by atoms with van der Waals surface area (Å²) in [5, 5.41) is 22.2. The molecule has 0 atom stereocenters. The van der Waals surface area contributed by atoms with Gasteiger partial charge in [0.1, 0.15) is 0 Å². The number of hydrogen-bond donors (Lipinski definition) is 2. The average Bonchev–Trinajstić information content (AvgIpc) is 2.79. The Morgan fingerprint density at radius 3 is 2.56 bits per heavy atom. The normalized spacial score (nSPS) is 10.8. The zero-order chi connectivity index (χ0) is 11.5. The van der Waals surface area contributed by atoms with Crippen LogP contribution in [0.15, 0.2) is 23.7 Å². The summed E-state index contributed by atoms with van der Waals surface area (Å²) in [5.41, 5.74) is 0. The minimum Gasteiger partial charge on any atom is -0.494 e. The highest BCUT2D eigenvalue weighted by Crippen LogP contribution is 2.20. The van der Waals surface area contributed by atoms with E-state index in [-0.39, 0.29) is 11.8 Å². The van der Waals surface area contributed by atoms with Gasteiger partial charge in [0.25, 0.3) is 0 Å². The summed E-state index contributed by atoms with van der Waals surface area (Å²) >= 11 is 1.72. The third kappa shape index (κ3) is 2.19. The fraction of sp³-hybridized carbons (Fsp3) is 0.364. The van der Waals surface area contributed by atoms with Crippen molar-refractivity contribution in [2.24, 2.45) is 0 Å². The maximum atomic E-state index is 9.44. The zero-order valence-corrected chi connectivity index (χ0v) is 9.94. The van der Waals surface area contributed by atoms with Crippen LogP contribution in [-0.4, -0.2) is 14.8 Å². The smallest absolute Gasteiger partial charge is 0.234 e. The van der Waals surface area contributed by atoms with E-state index >= 15 is 0 Å². The van der Waals surface area contributed by atoms with E-state index in [1.165, 1.54) is 21.7 Å². The number of aromatic nitrogens is 2. The Morgan fingerprint density at radius 2 is 2.00 bits per heavy atom. The monoisotopic (exact) mass is 239 g/mol. The first-order valence-electron chi connectivity index (χ1n) is 5.19. The molecule has 0 aromatic carbocycles. The van der Waals surface area contributed by atoms with Gasteiger partial charge in [0.2, 0.25) is 5.01 Å². The lowest BCUT2D eigenvalue weighted by molar-refractivity contribution is -0.698. The quantitative estimate of drug-likeness (QED) is 0.797. The van der Waals surface area contributed by atoms with Crippen LogP contribution in [-0.2, 0) is 13.1 Å². The predicted octanol–water partition coefficient (Wildman–Crippen LogP) is 1.65. The summed E-state index contributed by atoms with van der Waals surface area (Å²) in [5.74, 6) is 0.231. The van der Waals surface area contributed by atoms with Crippen molar-refractivity contribution in [3.8, 4) is 11.8 Å². The van der Waals surface area contributed by atoms with Crippen LogP contribution < -0.4 is 4.57 Å². The molecule has 2 aromatic rings. The third-order valence-electron chi connectivity index (χ3n) is 2.60. The molecule has 2 heterocycles. The molecule has 4 nitrogen and oxygen atoms in total. The van der Waals surface area contributed by atoms with Crippen molar-refractivity contribution >= 4 is 11.3 Å². The largest absolute Gasteiger partial charge is 0.494 e. The van der Waals surface area contributed by atoms with Crippen LogP contribution in [0.5, 0.6) is 11.8 Å². The molecule has 5 heteroatoms. The molecule has 0 unspecified atom stereocenters. The lowest BCUT2D eigenvalue weighted by atomic mass is 10.4. The minimum atomic E-state index is 0.115. The van der Waals surface area contributed by atoms with E-state index in [4.69, 9.17) is 0 Å². The van der Waals surface area contributed by atoms with E-state index in [1.54, 1.807) is 11.3 Å². The Balaban J connectivity index is 1.92. The number of hydrogen-bond acceptors (Lipinski definition) is 3. The van der Waals surface area contributed by atoms with Gasteiger partial charge >= 0.3 is 0 Å². The molecule has 0 aliphatic carbocycles. The molecule has 0 saturated heterocycles. The van der Waals surface area contributed by atoms with Crippen LogP contribution in [0.4, 0.5) is 0 Å². The second-order valence-electron chi connectivity index (χ2n) is 3.67. The molecule has 2 rings (SSSR count). The zero-order valence-electron chi connectivity index (χ0n) is 9.13. The van der Waals surface area contributed by atoms with E-state index < -0.39 is 0 Å². The maximum Gasteiger partial charge on any atom is 0.234 e. The highest BCUT2D eigenvalue weighted by atomic mass is 32.1. The highest BCUT2D eigenvalue weighted by Gasteiger charge is 2.09. The Bertz CT molecular complexity index is 457. The van der Waals surface area contributed by atoms with Gasteiger partial charge in [-0.05, 0) is 0 Å². The van der Waals surface area contributed by atoms with Gasteiger partial charge in [-0.25, -0.2) is 0 Å². The Labute approximate surface area is 98.0 Å². The van der Waals surface area contributed by atoms with Gasteiger partial charge in [-0.2, -0.15) is 4.57 Å². The Morgan fingerprint density at radius 1 is 1.31 bits per heavy atom. The molecule has 0 aliphatic rings. The second kappa shape index (κ2) is 4.57. The first kappa shape index (κ1) is 11.0. The van der Waals surface area contributed by atoms with Crippen molar-refractivity contribution < 1.29 is 14.8 Å². The molecule has 0 aliphatic heterocycles. The van der Waals surface area contributed by atoms with Crippen LogP contribution in [0.3, 0.4) is 0 Å². The van der Waals surface area contributed by atoms with Crippen molar-refractivity contribution in [2.45, 2.75) is 26.4 Å². The number of aromatic hydroxyl groups is 2. The van der Waals surface area contributed by atoms with E-state index in [9.17, 15) is 10.2 Å². The van der Waals surface area contributed by atoms with Crippen molar-refractivity contribution in [3.63, 3.8) is 0 Å². The van der Waals surface area contributed by atoms with Crippen LogP contribution in [0, 0.1) is 6.92 Å². The molecular weight excluding hydrogens is 224 g/mol. The van der Waals surface area contributed by atoms with E-state index in [0.29, 0.717) is 6.54 Å². The fourth-order valence-electron chi connectivity index (χ4n) is 1.68. The Kier molecular flexibility index (Phi) is 3.14. The average molecular weight is 239 g/mol. The van der Waals surface area contributed by atoms with Gasteiger partial charge in [0, 0.05) is 32.0 Å². The first-order chi connectivity index (χ1) is 7.68. The lowest BCUT2D eigenvalue weighted by Crippen LogP contribution is -2.34. The SMILES string of the molecule is Cc1scc[n+]1CCCn1c(O)ccc1O. The van der Waals surface area contributed by atoms with Crippen LogP contribution in [0.25, 0.3) is 0 Å². The molecule has 0 radical (unpaired) electrons. The molecule has 2 N–H and O–H groups in total. The van der Waals surface area contributed by atoms with Crippen LogP contribution in [0.2, 0.25) is 0 Å². The van der Waals surface area contributed by atoms with Crippen molar-refractivity contribution in [1.29, 1.82) is 0 Å². The summed E-state index contributed by atoms with van der Waals surface area (Å²) in [4.78, 5) is 0. The van der Waals surface area contributed by atoms with Crippen molar-refractivity contribution in [2.75, 3.05) is 0 Å². The number of nitrogens with zero attached hydrogens (tertiary/aromatic N) is 2. The predicted molar refractivity (Wildman–Crippen MR) is 61.6 cm³/mol. The molecule has 86 valence electrons. The first-order valence-corrected chi connectivity index (χ1v) is 6.07. The molecule has 0 spiro atoms. The lowest BCUT2D eigenvalue weighted by Gasteiger charge is -2.04. The molecular formula is C11H15N2O2S+. The summed E-state index contributed by atoms with van der Waals surface area (Å²) in [6.45, 7) is 3.59. The standard InChI is InChI=1S/C11H14N2O2S/c1-9-12(7-8-16-9)5-2-6-13-10(14)3-4-11(13)15/h3-4,7-8H,2,5-6H2,1H3,(H-,14,15)/p+1. The maximum absolute atomic E-state index is 9.44. The molecule has 2 aromatic heterocycles. The summed E-state index contributed by atoms with van der Waals surface area (Å²) in [6, 6.07) is 3.00. The number of rotatable bonds is 4. The van der Waals surface area contributed by atoms with Gasteiger partial charge in [0.15, 0.2) is 24.5 Å². The van der Waals surface area contributed by atoms with Gasteiger partial charge in [-0.1, -0.05) is 11.3 Å². The van der Waals surface area contributed by atoms with Crippen LogP contribution >= 0.6 is 11.3 Å². The van der Waals surface area contributed by atoms with Gasteiger partial charge in [-0.3, -0.25) is 4.57 Å². The topological polar surface area (TPSA) is 49.3 Å². The summed E-state index contributed by atoms with van der Waals surface area (Å²) < 4.78 is 3.67. The van der Waals surface area contributed by atoms with E-state index in [0.717, 1.165) is 13.0 Å². The van der Waals surface area contributed by atoms with Crippen molar-refractivity contribution in [1.82, 2.24) is 4.57 Å². The van der Waals surface area contributed by atoms with Gasteiger partial charge in [-0.15, -0.1) is 0 Å². The summed E-state index contributed by atoms with van der Waals surface area (Å²) in [6.07, 6.45) is 2.92.